The van der Waals surface area contributed by atoms with Crippen molar-refractivity contribution in [1.29, 1.82) is 0 Å². The Morgan fingerprint density at radius 3 is 2.71 bits per heavy atom. The maximum atomic E-state index is 10.6. The zero-order valence-corrected chi connectivity index (χ0v) is 13.4. The molecule has 0 unspecified atom stereocenters. The van der Waals surface area contributed by atoms with Gasteiger partial charge in [0.15, 0.2) is 5.82 Å². The van der Waals surface area contributed by atoms with Crippen molar-refractivity contribution in [2.75, 3.05) is 17.3 Å². The highest BCUT2D eigenvalue weighted by molar-refractivity contribution is 5.70. The molecule has 7 nitrogen and oxygen atoms in total. The number of rotatable bonds is 6. The van der Waals surface area contributed by atoms with Gasteiger partial charge in [-0.05, 0) is 37.0 Å². The van der Waals surface area contributed by atoms with Gasteiger partial charge in [0.2, 0.25) is 5.88 Å². The Kier molecular flexibility index (Phi) is 5.20. The molecule has 1 aliphatic carbocycles. The van der Waals surface area contributed by atoms with Crippen molar-refractivity contribution < 1.29 is 5.11 Å². The molecule has 7 heteroatoms. The second-order valence-corrected chi connectivity index (χ2v) is 6.09. The molecule has 3 rings (SSSR count). The molecule has 0 spiro atoms. The molecule has 2 aromatic rings. The van der Waals surface area contributed by atoms with Gasteiger partial charge >= 0.3 is 0 Å². The fraction of sp³-hybridized carbons (Fsp3) is 0.412. The van der Waals surface area contributed by atoms with E-state index in [4.69, 9.17) is 0 Å². The molecule has 1 saturated carbocycles. The number of aromatic nitrogens is 2. The average Bonchev–Trinajstić information content (AvgIpc) is 2.63. The van der Waals surface area contributed by atoms with Crippen molar-refractivity contribution in [1.82, 2.24) is 9.97 Å². The first kappa shape index (κ1) is 16.2. The van der Waals surface area contributed by atoms with Crippen molar-refractivity contribution in [3.05, 3.63) is 35.4 Å². The van der Waals surface area contributed by atoms with E-state index in [2.05, 4.69) is 26.0 Å². The van der Waals surface area contributed by atoms with Crippen LogP contribution in [0.4, 0.5) is 11.5 Å². The number of aromatic hydroxyl groups is 1. The minimum Gasteiger partial charge on any atom is -0.493 e. The van der Waals surface area contributed by atoms with E-state index in [0.29, 0.717) is 23.1 Å². The third-order valence-corrected chi connectivity index (χ3v) is 4.39. The monoisotopic (exact) mass is 327 g/mol. The molecule has 126 valence electrons. The van der Waals surface area contributed by atoms with Gasteiger partial charge in [0.25, 0.3) is 0 Å². The first-order chi connectivity index (χ1) is 11.8. The van der Waals surface area contributed by atoms with Gasteiger partial charge in [0.05, 0.1) is 11.0 Å². The van der Waals surface area contributed by atoms with Crippen LogP contribution in [0.5, 0.6) is 5.88 Å². The Hall–Kier alpha value is -2.70. The minimum absolute atomic E-state index is 0.0298. The molecular weight excluding hydrogens is 306 g/mol. The fourth-order valence-electron chi connectivity index (χ4n) is 3.06. The number of hydrogen-bond acceptors (Lipinski definition) is 6. The van der Waals surface area contributed by atoms with E-state index in [1.54, 1.807) is 24.4 Å². The summed E-state index contributed by atoms with van der Waals surface area (Å²) in [6.07, 6.45) is 7.89. The molecule has 1 fully saturated rings. The minimum atomic E-state index is -0.0298. The van der Waals surface area contributed by atoms with Crippen LogP contribution in [0.1, 0.15) is 32.1 Å². The lowest BCUT2D eigenvalue weighted by Gasteiger charge is -2.22. The molecule has 1 aliphatic rings. The Labute approximate surface area is 140 Å². The third-order valence-electron chi connectivity index (χ3n) is 4.39. The maximum absolute atomic E-state index is 10.6. The lowest BCUT2D eigenvalue weighted by Crippen LogP contribution is -2.18. The summed E-state index contributed by atoms with van der Waals surface area (Å²) in [4.78, 5) is 19.0. The normalized spacial score (nSPS) is 15.0. The van der Waals surface area contributed by atoms with Crippen LogP contribution in [-0.4, -0.2) is 21.6 Å². The summed E-state index contributed by atoms with van der Waals surface area (Å²) in [5.74, 6) is 1.21. The van der Waals surface area contributed by atoms with Gasteiger partial charge in [-0.15, -0.1) is 4.91 Å². The van der Waals surface area contributed by atoms with Crippen LogP contribution in [0.15, 0.2) is 35.7 Å². The van der Waals surface area contributed by atoms with Crippen LogP contribution in [0, 0.1) is 10.8 Å². The van der Waals surface area contributed by atoms with Crippen molar-refractivity contribution >= 4 is 11.5 Å². The van der Waals surface area contributed by atoms with Gasteiger partial charge < -0.3 is 10.4 Å². The number of nitrogens with zero attached hydrogens (tertiary/aromatic N) is 3. The molecule has 2 heterocycles. The van der Waals surface area contributed by atoms with E-state index in [1.165, 1.54) is 38.2 Å². The van der Waals surface area contributed by atoms with E-state index >= 15 is 0 Å². The highest BCUT2D eigenvalue weighted by Crippen LogP contribution is 2.28. The summed E-state index contributed by atoms with van der Waals surface area (Å²) in [6, 6.07) is 6.82. The van der Waals surface area contributed by atoms with Gasteiger partial charge in [-0.1, -0.05) is 19.3 Å². The van der Waals surface area contributed by atoms with E-state index in [0.717, 1.165) is 12.1 Å². The summed E-state index contributed by atoms with van der Waals surface area (Å²) >= 11 is 0. The Morgan fingerprint density at radius 1 is 1.17 bits per heavy atom. The molecular formula is C17H21N5O2. The summed E-state index contributed by atoms with van der Waals surface area (Å²) in [5, 5.41) is 15.4. The number of nitroso groups, excluding NO2 is 1. The van der Waals surface area contributed by atoms with Crippen LogP contribution < -0.4 is 10.7 Å². The Morgan fingerprint density at radius 2 is 2.00 bits per heavy atom. The quantitative estimate of drug-likeness (QED) is 0.549. The van der Waals surface area contributed by atoms with Crippen LogP contribution in [0.25, 0.3) is 11.3 Å². The molecule has 0 aromatic carbocycles. The summed E-state index contributed by atoms with van der Waals surface area (Å²) in [7, 11) is 0. The first-order valence-corrected chi connectivity index (χ1v) is 8.25. The Balaban J connectivity index is 1.79. The molecule has 24 heavy (non-hydrogen) atoms. The number of nitrogens with one attached hydrogen (secondary N) is 2. The van der Waals surface area contributed by atoms with Crippen LogP contribution in [0.2, 0.25) is 0 Å². The van der Waals surface area contributed by atoms with Gasteiger partial charge in [0, 0.05) is 24.4 Å². The predicted octanol–water partition coefficient (Wildman–Crippen LogP) is 3.93. The topological polar surface area (TPSA) is 99.5 Å². The van der Waals surface area contributed by atoms with Gasteiger partial charge in [-0.3, -0.25) is 0 Å². The summed E-state index contributed by atoms with van der Waals surface area (Å²) < 4.78 is 0. The number of hydrogen-bond donors (Lipinski definition) is 3. The summed E-state index contributed by atoms with van der Waals surface area (Å²) in [5.41, 5.74) is 4.50. The molecule has 3 N–H and O–H groups in total. The number of anilines is 2. The molecule has 0 atom stereocenters. The predicted molar refractivity (Wildman–Crippen MR) is 93.6 cm³/mol. The van der Waals surface area contributed by atoms with Crippen molar-refractivity contribution in [3.8, 4) is 17.1 Å². The van der Waals surface area contributed by atoms with Crippen LogP contribution in [-0.2, 0) is 0 Å². The standard InChI is InChI=1S/C17H21N5O2/c23-16-9-6-13(11-18-16)14-7-8-15(21-22-24)17(20-14)19-10-12-4-2-1-3-5-12/h6-9,11-12H,1-5,10H2,(H,18,23)(H,19,20)(H,21,24). The smallest absolute Gasteiger partial charge is 0.210 e. The largest absolute Gasteiger partial charge is 0.493 e. The lowest BCUT2D eigenvalue weighted by molar-refractivity contribution is 0.373. The molecule has 2 aromatic heterocycles. The molecule has 0 amide bonds. The Bertz CT molecular complexity index is 684. The van der Waals surface area contributed by atoms with Gasteiger partial charge in [-0.25, -0.2) is 15.4 Å². The van der Waals surface area contributed by atoms with Crippen molar-refractivity contribution in [3.63, 3.8) is 0 Å². The average molecular weight is 327 g/mol. The van der Waals surface area contributed by atoms with Gasteiger partial charge in [0.1, 0.15) is 5.69 Å². The third kappa shape index (κ3) is 3.98. The SMILES string of the molecule is O=NNc1ccc(-c2ccc(O)nc2)nc1NCC1CCCCC1. The second kappa shape index (κ2) is 7.72. The van der Waals surface area contributed by atoms with Crippen molar-refractivity contribution in [2.24, 2.45) is 11.2 Å². The highest BCUT2D eigenvalue weighted by atomic mass is 16.3. The molecule has 0 saturated heterocycles. The zero-order chi connectivity index (χ0) is 16.8. The van der Waals surface area contributed by atoms with Crippen LogP contribution in [0.3, 0.4) is 0 Å². The number of pyridine rings is 2. The highest BCUT2D eigenvalue weighted by Gasteiger charge is 2.15. The van der Waals surface area contributed by atoms with Gasteiger partial charge in [-0.2, -0.15) is 0 Å². The first-order valence-electron chi connectivity index (χ1n) is 8.25. The van der Waals surface area contributed by atoms with E-state index in [1.807, 2.05) is 0 Å². The molecule has 0 bridgehead atoms. The van der Waals surface area contributed by atoms with E-state index < -0.39 is 0 Å². The lowest BCUT2D eigenvalue weighted by atomic mass is 9.89. The maximum Gasteiger partial charge on any atom is 0.210 e. The fourth-order valence-corrected chi connectivity index (χ4v) is 3.06. The molecule has 0 radical (unpaired) electrons. The summed E-state index contributed by atoms with van der Waals surface area (Å²) in [6.45, 7) is 0.831. The van der Waals surface area contributed by atoms with Crippen molar-refractivity contribution in [2.45, 2.75) is 32.1 Å². The van der Waals surface area contributed by atoms with E-state index in [-0.39, 0.29) is 5.88 Å². The van der Waals surface area contributed by atoms with Crippen LogP contribution >= 0.6 is 0 Å². The zero-order valence-electron chi connectivity index (χ0n) is 13.4. The molecule has 0 aliphatic heterocycles. The van der Waals surface area contributed by atoms with E-state index in [9.17, 15) is 10.0 Å². The second-order valence-electron chi connectivity index (χ2n) is 6.09.